The number of Topliss-reactive ketones (excluding diaryl/α,β-unsaturated/α-hetero) is 1. The fraction of sp³-hybridized carbons (Fsp3) is 0.115. The van der Waals surface area contributed by atoms with Gasteiger partial charge in [0.1, 0.15) is 11.5 Å². The number of non-ortho nitro benzene ring substituents is 1. The van der Waals surface area contributed by atoms with Crippen LogP contribution in [0, 0.1) is 10.1 Å². The lowest BCUT2D eigenvalue weighted by molar-refractivity contribution is -0.384. The lowest BCUT2D eigenvalue weighted by Crippen LogP contribution is -2.29. The molecule has 0 aromatic heterocycles. The zero-order chi connectivity index (χ0) is 26.0. The van der Waals surface area contributed by atoms with Gasteiger partial charge >= 0.3 is 0 Å². The smallest absolute Gasteiger partial charge is 0.300 e. The first-order valence-corrected chi connectivity index (χ1v) is 10.8. The molecule has 0 radical (unpaired) electrons. The Labute approximate surface area is 205 Å². The van der Waals surface area contributed by atoms with E-state index in [0.717, 1.165) is 0 Å². The standard InChI is InChI=1S/C26H21N3O7/c1-15(30)27-17-6-5-7-19(14-17)28-23(20-8-3-4-9-21(20)36-2)22(25(32)26(28)33)24(31)16-10-12-18(13-11-16)29(34)35/h3-14,23,31H,1-2H3,(H,27,30)/b24-22+. The van der Waals surface area contributed by atoms with Crippen LogP contribution < -0.4 is 15.0 Å². The van der Waals surface area contributed by atoms with E-state index in [-0.39, 0.29) is 22.7 Å². The number of nitro groups is 1. The third-order valence-electron chi connectivity index (χ3n) is 5.67. The van der Waals surface area contributed by atoms with Gasteiger partial charge in [-0.2, -0.15) is 0 Å². The van der Waals surface area contributed by atoms with E-state index in [1.165, 1.54) is 43.2 Å². The molecule has 1 heterocycles. The average molecular weight is 487 g/mol. The second-order valence-electron chi connectivity index (χ2n) is 7.95. The van der Waals surface area contributed by atoms with E-state index in [2.05, 4.69) is 5.32 Å². The first-order valence-electron chi connectivity index (χ1n) is 10.8. The van der Waals surface area contributed by atoms with Gasteiger partial charge in [0, 0.05) is 41.6 Å². The average Bonchev–Trinajstić information content (AvgIpc) is 3.13. The number of carbonyl (C=O) groups is 3. The van der Waals surface area contributed by atoms with Gasteiger partial charge in [0.2, 0.25) is 5.91 Å². The molecule has 1 atom stereocenters. The largest absolute Gasteiger partial charge is 0.507 e. The Kier molecular flexibility index (Phi) is 6.51. The Morgan fingerprint density at radius 3 is 2.39 bits per heavy atom. The lowest BCUT2D eigenvalue weighted by Gasteiger charge is -2.27. The number of amides is 2. The fourth-order valence-electron chi connectivity index (χ4n) is 4.12. The second kappa shape index (κ2) is 9.71. The molecule has 1 aliphatic heterocycles. The number of aliphatic hydroxyl groups is 1. The van der Waals surface area contributed by atoms with Crippen LogP contribution >= 0.6 is 0 Å². The van der Waals surface area contributed by atoms with E-state index in [9.17, 15) is 29.6 Å². The summed E-state index contributed by atoms with van der Waals surface area (Å²) in [6.45, 7) is 1.35. The van der Waals surface area contributed by atoms with Crippen LogP contribution in [0.25, 0.3) is 5.76 Å². The van der Waals surface area contributed by atoms with Crippen LogP contribution in [0.3, 0.4) is 0 Å². The number of hydrogen-bond donors (Lipinski definition) is 2. The SMILES string of the molecule is COc1ccccc1C1/C(=C(\O)c2ccc([N+](=O)[O-])cc2)C(=O)C(=O)N1c1cccc(NC(C)=O)c1. The van der Waals surface area contributed by atoms with Crippen molar-refractivity contribution in [1.29, 1.82) is 0 Å². The van der Waals surface area contributed by atoms with Crippen molar-refractivity contribution in [2.45, 2.75) is 13.0 Å². The number of methoxy groups -OCH3 is 1. The van der Waals surface area contributed by atoms with Crippen LogP contribution in [0.4, 0.5) is 17.1 Å². The zero-order valence-corrected chi connectivity index (χ0v) is 19.3. The van der Waals surface area contributed by atoms with Crippen molar-refractivity contribution < 1.29 is 29.2 Å². The number of para-hydroxylation sites is 1. The summed E-state index contributed by atoms with van der Waals surface area (Å²) in [4.78, 5) is 49.8. The number of aliphatic hydroxyl groups excluding tert-OH is 1. The maximum absolute atomic E-state index is 13.3. The molecule has 3 aromatic rings. The summed E-state index contributed by atoms with van der Waals surface area (Å²) in [6, 6.07) is 17.1. The number of carbonyl (C=O) groups excluding carboxylic acids is 3. The minimum absolute atomic E-state index is 0.130. The molecular formula is C26H21N3O7. The number of anilines is 2. The van der Waals surface area contributed by atoms with Crippen molar-refractivity contribution in [3.63, 3.8) is 0 Å². The van der Waals surface area contributed by atoms with E-state index < -0.39 is 28.4 Å². The molecular weight excluding hydrogens is 466 g/mol. The number of nitrogens with zero attached hydrogens (tertiary/aromatic N) is 2. The highest BCUT2D eigenvalue weighted by atomic mass is 16.6. The highest BCUT2D eigenvalue weighted by Crippen LogP contribution is 2.45. The summed E-state index contributed by atoms with van der Waals surface area (Å²) in [5.74, 6) is -2.25. The van der Waals surface area contributed by atoms with Crippen LogP contribution in [0.5, 0.6) is 5.75 Å². The van der Waals surface area contributed by atoms with Gasteiger partial charge in [0.05, 0.1) is 23.6 Å². The normalized spacial score (nSPS) is 16.6. The third kappa shape index (κ3) is 4.39. The van der Waals surface area contributed by atoms with Crippen molar-refractivity contribution in [2.24, 2.45) is 0 Å². The summed E-state index contributed by atoms with van der Waals surface area (Å²) >= 11 is 0. The molecule has 2 N–H and O–H groups in total. The molecule has 3 aromatic carbocycles. The van der Waals surface area contributed by atoms with Gasteiger partial charge in [-0.25, -0.2) is 0 Å². The van der Waals surface area contributed by atoms with Crippen LogP contribution in [0.1, 0.15) is 24.1 Å². The highest BCUT2D eigenvalue weighted by molar-refractivity contribution is 6.51. The van der Waals surface area contributed by atoms with E-state index in [4.69, 9.17) is 4.74 Å². The molecule has 0 bridgehead atoms. The van der Waals surface area contributed by atoms with E-state index in [0.29, 0.717) is 22.7 Å². The Hall–Kier alpha value is -4.99. The van der Waals surface area contributed by atoms with Gasteiger partial charge < -0.3 is 15.2 Å². The predicted molar refractivity (Wildman–Crippen MR) is 132 cm³/mol. The molecule has 1 aliphatic rings. The van der Waals surface area contributed by atoms with Gasteiger partial charge in [-0.3, -0.25) is 29.4 Å². The fourth-order valence-corrected chi connectivity index (χ4v) is 4.12. The van der Waals surface area contributed by atoms with E-state index >= 15 is 0 Å². The van der Waals surface area contributed by atoms with Crippen LogP contribution in [0.15, 0.2) is 78.4 Å². The third-order valence-corrected chi connectivity index (χ3v) is 5.67. The Morgan fingerprint density at radius 1 is 1.06 bits per heavy atom. The monoisotopic (exact) mass is 487 g/mol. The van der Waals surface area contributed by atoms with Crippen molar-refractivity contribution in [2.75, 3.05) is 17.3 Å². The molecule has 1 saturated heterocycles. The molecule has 0 saturated carbocycles. The molecule has 10 nitrogen and oxygen atoms in total. The molecule has 2 amide bonds. The molecule has 1 unspecified atom stereocenters. The van der Waals surface area contributed by atoms with Crippen LogP contribution in [-0.4, -0.2) is 34.7 Å². The second-order valence-corrected chi connectivity index (χ2v) is 7.95. The summed E-state index contributed by atoms with van der Waals surface area (Å²) in [6.07, 6.45) is 0. The summed E-state index contributed by atoms with van der Waals surface area (Å²) in [7, 11) is 1.44. The number of nitro benzene ring substituents is 1. The summed E-state index contributed by atoms with van der Waals surface area (Å²) in [5, 5.41) is 24.8. The Morgan fingerprint density at radius 2 is 1.75 bits per heavy atom. The van der Waals surface area contributed by atoms with E-state index in [1.807, 2.05) is 0 Å². The Balaban J connectivity index is 1.93. The first-order chi connectivity index (χ1) is 17.2. The maximum atomic E-state index is 13.3. The number of ether oxygens (including phenoxy) is 1. The van der Waals surface area contributed by atoms with E-state index in [1.54, 1.807) is 48.5 Å². The van der Waals surface area contributed by atoms with Gasteiger partial charge in [-0.15, -0.1) is 0 Å². The zero-order valence-electron chi connectivity index (χ0n) is 19.3. The van der Waals surface area contributed by atoms with Gasteiger partial charge in [-0.05, 0) is 36.4 Å². The van der Waals surface area contributed by atoms with Crippen molar-refractivity contribution in [3.05, 3.63) is 99.6 Å². The van der Waals surface area contributed by atoms with Gasteiger partial charge in [0.15, 0.2) is 0 Å². The lowest BCUT2D eigenvalue weighted by atomic mass is 9.94. The maximum Gasteiger partial charge on any atom is 0.300 e. The molecule has 0 aliphatic carbocycles. The molecule has 182 valence electrons. The predicted octanol–water partition coefficient (Wildman–Crippen LogP) is 4.19. The topological polar surface area (TPSA) is 139 Å². The minimum Gasteiger partial charge on any atom is -0.507 e. The molecule has 4 rings (SSSR count). The Bertz CT molecular complexity index is 1410. The summed E-state index contributed by atoms with van der Waals surface area (Å²) in [5.41, 5.74) is 0.891. The molecule has 36 heavy (non-hydrogen) atoms. The highest BCUT2D eigenvalue weighted by Gasteiger charge is 2.48. The number of benzene rings is 3. The van der Waals surface area contributed by atoms with Gasteiger partial charge in [0.25, 0.3) is 17.4 Å². The number of ketones is 1. The van der Waals surface area contributed by atoms with Crippen LogP contribution in [0.2, 0.25) is 0 Å². The molecule has 1 fully saturated rings. The van der Waals surface area contributed by atoms with Gasteiger partial charge in [-0.1, -0.05) is 24.3 Å². The number of nitrogens with one attached hydrogen (secondary N) is 1. The van der Waals surface area contributed by atoms with Crippen molar-refractivity contribution in [3.8, 4) is 5.75 Å². The molecule has 0 spiro atoms. The minimum atomic E-state index is -1.08. The van der Waals surface area contributed by atoms with Crippen molar-refractivity contribution in [1.82, 2.24) is 0 Å². The summed E-state index contributed by atoms with van der Waals surface area (Å²) < 4.78 is 5.48. The van der Waals surface area contributed by atoms with Crippen LogP contribution in [-0.2, 0) is 14.4 Å². The quantitative estimate of drug-likeness (QED) is 0.175. The number of hydrogen-bond acceptors (Lipinski definition) is 7. The molecule has 10 heteroatoms. The first kappa shape index (κ1) is 24.1. The number of rotatable bonds is 6. The van der Waals surface area contributed by atoms with Crippen molar-refractivity contribution >= 4 is 40.4 Å².